The van der Waals surface area contributed by atoms with Gasteiger partial charge in [-0.15, -0.1) is 0 Å². The molecular weight excluding hydrogens is 302 g/mol. The van der Waals surface area contributed by atoms with Gasteiger partial charge in [0.2, 0.25) is 5.43 Å². The zero-order valence-corrected chi connectivity index (χ0v) is 12.6. The summed E-state index contributed by atoms with van der Waals surface area (Å²) < 4.78 is 0. The Labute approximate surface area is 137 Å². The maximum absolute atomic E-state index is 12.5. The van der Waals surface area contributed by atoms with E-state index in [-0.39, 0.29) is 11.0 Å². The second kappa shape index (κ2) is 5.62. The van der Waals surface area contributed by atoms with Crippen molar-refractivity contribution < 1.29 is 4.79 Å². The van der Waals surface area contributed by atoms with Gasteiger partial charge in [-0.2, -0.15) is 0 Å². The minimum Gasteiger partial charge on any atom is -0.360 e. The molecule has 0 spiro atoms. The molecule has 2 aromatic heterocycles. The van der Waals surface area contributed by atoms with Gasteiger partial charge in [-0.1, -0.05) is 30.3 Å². The number of fused-ring (bicyclic) bond motifs is 2. The Morgan fingerprint density at radius 1 is 1.04 bits per heavy atom. The van der Waals surface area contributed by atoms with Crippen LogP contribution < -0.4 is 10.7 Å². The Kier molecular flexibility index (Phi) is 3.31. The first-order valence-corrected chi connectivity index (χ1v) is 7.49. The predicted molar refractivity (Wildman–Crippen MR) is 94.3 cm³/mol. The standard InChI is InChI=1S/C19H13N3O2/c23-18-14-6-2-4-8-17(14)21-11-15(18)19(24)22-13-9-12-5-1-3-7-16(12)20-10-13/h1-11H,(H,21,23)(H,22,24). The van der Waals surface area contributed by atoms with Crippen molar-refractivity contribution >= 4 is 33.4 Å². The smallest absolute Gasteiger partial charge is 0.261 e. The number of nitrogens with one attached hydrogen (secondary N) is 2. The molecule has 5 heteroatoms. The van der Waals surface area contributed by atoms with E-state index in [4.69, 9.17) is 0 Å². The molecule has 0 aliphatic rings. The fraction of sp³-hybridized carbons (Fsp3) is 0. The van der Waals surface area contributed by atoms with Gasteiger partial charge in [-0.3, -0.25) is 14.6 Å². The third kappa shape index (κ3) is 2.42. The molecule has 0 unspecified atom stereocenters. The Hall–Kier alpha value is -3.47. The molecule has 0 radical (unpaired) electrons. The number of aromatic amines is 1. The quantitative estimate of drug-likeness (QED) is 0.596. The van der Waals surface area contributed by atoms with Gasteiger partial charge in [0.15, 0.2) is 0 Å². The van der Waals surface area contributed by atoms with Crippen LogP contribution in [0.2, 0.25) is 0 Å². The number of carbonyl (C=O) groups is 1. The third-order valence-corrected chi connectivity index (χ3v) is 3.88. The maximum Gasteiger partial charge on any atom is 0.261 e. The number of rotatable bonds is 2. The van der Waals surface area contributed by atoms with Gasteiger partial charge in [0.1, 0.15) is 5.56 Å². The molecule has 0 saturated carbocycles. The summed E-state index contributed by atoms with van der Waals surface area (Å²) in [4.78, 5) is 32.2. The van der Waals surface area contributed by atoms with E-state index < -0.39 is 5.91 Å². The van der Waals surface area contributed by atoms with Crippen molar-refractivity contribution in [2.24, 2.45) is 0 Å². The summed E-state index contributed by atoms with van der Waals surface area (Å²) in [6.07, 6.45) is 3.02. The molecule has 24 heavy (non-hydrogen) atoms. The molecule has 1 amide bonds. The van der Waals surface area contributed by atoms with Gasteiger partial charge in [0, 0.05) is 22.5 Å². The van der Waals surface area contributed by atoms with E-state index in [1.54, 1.807) is 24.4 Å². The van der Waals surface area contributed by atoms with Crippen molar-refractivity contribution in [1.82, 2.24) is 9.97 Å². The summed E-state index contributed by atoms with van der Waals surface area (Å²) in [7, 11) is 0. The number of H-pyrrole nitrogens is 1. The largest absolute Gasteiger partial charge is 0.360 e. The van der Waals surface area contributed by atoms with Gasteiger partial charge in [0.05, 0.1) is 17.4 Å². The van der Waals surface area contributed by atoms with Crippen molar-refractivity contribution in [2.45, 2.75) is 0 Å². The number of aromatic nitrogens is 2. The van der Waals surface area contributed by atoms with E-state index in [2.05, 4.69) is 15.3 Å². The highest BCUT2D eigenvalue weighted by molar-refractivity contribution is 6.06. The zero-order valence-electron chi connectivity index (χ0n) is 12.6. The Balaban J connectivity index is 1.70. The minimum atomic E-state index is -0.459. The number of hydrogen-bond donors (Lipinski definition) is 2. The molecule has 0 aliphatic carbocycles. The molecule has 0 aliphatic heterocycles. The van der Waals surface area contributed by atoms with Gasteiger partial charge in [0.25, 0.3) is 5.91 Å². The lowest BCUT2D eigenvalue weighted by molar-refractivity contribution is 0.102. The lowest BCUT2D eigenvalue weighted by atomic mass is 10.1. The number of para-hydroxylation sites is 2. The minimum absolute atomic E-state index is 0.0712. The predicted octanol–water partition coefficient (Wildman–Crippen LogP) is 3.33. The summed E-state index contributed by atoms with van der Waals surface area (Å²) in [5.74, 6) is -0.459. The van der Waals surface area contributed by atoms with E-state index in [0.717, 1.165) is 10.9 Å². The molecule has 5 nitrogen and oxygen atoms in total. The molecule has 2 aromatic carbocycles. The second-order valence-electron chi connectivity index (χ2n) is 5.45. The highest BCUT2D eigenvalue weighted by Crippen LogP contribution is 2.16. The van der Waals surface area contributed by atoms with Crippen LogP contribution in [0.25, 0.3) is 21.8 Å². The van der Waals surface area contributed by atoms with Gasteiger partial charge < -0.3 is 10.3 Å². The number of carbonyl (C=O) groups excluding carboxylic acids is 1. The van der Waals surface area contributed by atoms with E-state index >= 15 is 0 Å². The van der Waals surface area contributed by atoms with Crippen LogP contribution in [0, 0.1) is 0 Å². The molecule has 0 fully saturated rings. The number of anilines is 1. The van der Waals surface area contributed by atoms with E-state index in [0.29, 0.717) is 16.6 Å². The highest BCUT2D eigenvalue weighted by Gasteiger charge is 2.13. The first-order valence-electron chi connectivity index (χ1n) is 7.49. The monoisotopic (exact) mass is 315 g/mol. The SMILES string of the molecule is O=C(Nc1cnc2ccccc2c1)c1c[nH]c2ccccc2c1=O. The number of benzene rings is 2. The van der Waals surface area contributed by atoms with Crippen LogP contribution in [0.1, 0.15) is 10.4 Å². The van der Waals surface area contributed by atoms with E-state index in [9.17, 15) is 9.59 Å². The van der Waals surface area contributed by atoms with Crippen LogP contribution in [0.5, 0.6) is 0 Å². The molecule has 0 bridgehead atoms. The number of amides is 1. The van der Waals surface area contributed by atoms with Crippen LogP contribution in [0.3, 0.4) is 0 Å². The molecule has 0 atom stereocenters. The summed E-state index contributed by atoms with van der Waals surface area (Å²) in [6, 6.07) is 16.6. The maximum atomic E-state index is 12.5. The van der Waals surface area contributed by atoms with Crippen molar-refractivity contribution in [3.05, 3.63) is 82.8 Å². The molecule has 4 aromatic rings. The van der Waals surface area contributed by atoms with E-state index in [1.807, 2.05) is 36.4 Å². The van der Waals surface area contributed by atoms with Gasteiger partial charge >= 0.3 is 0 Å². The van der Waals surface area contributed by atoms with Crippen LogP contribution in [-0.4, -0.2) is 15.9 Å². The topological polar surface area (TPSA) is 74.8 Å². The van der Waals surface area contributed by atoms with E-state index in [1.165, 1.54) is 6.20 Å². The molecule has 116 valence electrons. The summed E-state index contributed by atoms with van der Waals surface area (Å²) in [5.41, 5.74) is 1.87. The number of pyridine rings is 2. The fourth-order valence-corrected chi connectivity index (χ4v) is 2.67. The van der Waals surface area contributed by atoms with Crippen molar-refractivity contribution in [2.75, 3.05) is 5.32 Å². The molecule has 4 rings (SSSR count). The summed E-state index contributed by atoms with van der Waals surface area (Å²) in [5, 5.41) is 4.14. The molecular formula is C19H13N3O2. The Morgan fingerprint density at radius 3 is 2.75 bits per heavy atom. The van der Waals surface area contributed by atoms with Crippen LogP contribution in [0.15, 0.2) is 71.8 Å². The van der Waals surface area contributed by atoms with Crippen molar-refractivity contribution in [3.63, 3.8) is 0 Å². The average Bonchev–Trinajstić information content (AvgIpc) is 2.62. The second-order valence-corrected chi connectivity index (χ2v) is 5.45. The van der Waals surface area contributed by atoms with Crippen molar-refractivity contribution in [3.8, 4) is 0 Å². The van der Waals surface area contributed by atoms with Gasteiger partial charge in [-0.25, -0.2) is 0 Å². The average molecular weight is 315 g/mol. The normalized spacial score (nSPS) is 10.8. The molecule has 0 saturated heterocycles. The Morgan fingerprint density at radius 2 is 1.83 bits per heavy atom. The Bertz CT molecular complexity index is 1130. The lowest BCUT2D eigenvalue weighted by Crippen LogP contribution is -2.22. The van der Waals surface area contributed by atoms with Crippen LogP contribution in [-0.2, 0) is 0 Å². The highest BCUT2D eigenvalue weighted by atomic mass is 16.2. The summed E-state index contributed by atoms with van der Waals surface area (Å²) in [6.45, 7) is 0. The van der Waals surface area contributed by atoms with Gasteiger partial charge in [-0.05, 0) is 24.3 Å². The third-order valence-electron chi connectivity index (χ3n) is 3.88. The number of nitrogens with zero attached hydrogens (tertiary/aromatic N) is 1. The van der Waals surface area contributed by atoms with Crippen LogP contribution in [0.4, 0.5) is 5.69 Å². The first kappa shape index (κ1) is 14.1. The summed E-state index contributed by atoms with van der Waals surface area (Å²) >= 11 is 0. The first-order chi connectivity index (χ1) is 11.7. The lowest BCUT2D eigenvalue weighted by Gasteiger charge is -2.06. The fourth-order valence-electron chi connectivity index (χ4n) is 2.67. The van der Waals surface area contributed by atoms with Crippen LogP contribution >= 0.6 is 0 Å². The molecule has 2 N–H and O–H groups in total. The van der Waals surface area contributed by atoms with Crippen molar-refractivity contribution in [1.29, 1.82) is 0 Å². The zero-order chi connectivity index (χ0) is 16.5. The number of hydrogen-bond acceptors (Lipinski definition) is 3. The molecule has 2 heterocycles.